The highest BCUT2D eigenvalue weighted by Gasteiger charge is 2.28. The number of fused-ring (bicyclic) bond motifs is 1. The van der Waals surface area contributed by atoms with Gasteiger partial charge in [0, 0.05) is 37.8 Å². The third-order valence-electron chi connectivity index (χ3n) is 5.60. The van der Waals surface area contributed by atoms with Gasteiger partial charge in [0.2, 0.25) is 0 Å². The number of Topliss-reactive ketones (excluding diaryl/α,β-unsaturated/α-hetero) is 1. The number of para-hydroxylation sites is 2. The van der Waals surface area contributed by atoms with Crippen LogP contribution in [0.2, 0.25) is 0 Å². The summed E-state index contributed by atoms with van der Waals surface area (Å²) in [5.74, 6) is -2.32. The number of aromatic amines is 1. The predicted molar refractivity (Wildman–Crippen MR) is 123 cm³/mol. The number of rotatable bonds is 5. The van der Waals surface area contributed by atoms with Crippen molar-refractivity contribution in [2.75, 3.05) is 43.9 Å². The number of benzene rings is 2. The van der Waals surface area contributed by atoms with Gasteiger partial charge in [-0.15, -0.1) is 0 Å². The molecule has 0 spiro atoms. The average molecular weight is 449 g/mol. The fourth-order valence-electron chi connectivity index (χ4n) is 3.77. The number of ketones is 1. The smallest absolute Gasteiger partial charge is 0.337 e. The number of hydrogen-bond acceptors (Lipinski definition) is 5. The third-order valence-corrected chi connectivity index (χ3v) is 5.60. The largest absolute Gasteiger partial charge is 0.478 e. The van der Waals surface area contributed by atoms with Crippen molar-refractivity contribution in [3.63, 3.8) is 0 Å². The SMILES string of the molecule is CN1CCN(C(=O)C(=O)c2c[nH]c3c(NC(=O)Nc4ccccc4C(=O)O)cccc23)CC1. The van der Waals surface area contributed by atoms with Crippen LogP contribution in [0, 0.1) is 0 Å². The first-order chi connectivity index (χ1) is 15.8. The van der Waals surface area contributed by atoms with Gasteiger partial charge in [-0.2, -0.15) is 0 Å². The maximum Gasteiger partial charge on any atom is 0.337 e. The molecule has 0 aliphatic carbocycles. The molecule has 10 heteroatoms. The first-order valence-electron chi connectivity index (χ1n) is 10.4. The molecule has 4 rings (SSSR count). The van der Waals surface area contributed by atoms with E-state index in [-0.39, 0.29) is 16.8 Å². The minimum absolute atomic E-state index is 0.0407. The number of hydrogen-bond donors (Lipinski definition) is 4. The highest BCUT2D eigenvalue weighted by molar-refractivity contribution is 6.45. The van der Waals surface area contributed by atoms with Crippen LogP contribution in [0.3, 0.4) is 0 Å². The molecule has 1 aliphatic rings. The molecule has 1 aromatic heterocycles. The van der Waals surface area contributed by atoms with Crippen molar-refractivity contribution >= 4 is 46.0 Å². The van der Waals surface area contributed by atoms with Crippen molar-refractivity contribution in [1.82, 2.24) is 14.8 Å². The summed E-state index contributed by atoms with van der Waals surface area (Å²) in [4.78, 5) is 56.1. The normalized spacial score (nSPS) is 14.2. The molecular weight excluding hydrogens is 426 g/mol. The highest BCUT2D eigenvalue weighted by Crippen LogP contribution is 2.27. The maximum atomic E-state index is 12.9. The zero-order valence-corrected chi connectivity index (χ0v) is 17.9. The number of nitrogens with zero attached hydrogens (tertiary/aromatic N) is 2. The molecule has 3 aromatic rings. The van der Waals surface area contributed by atoms with Crippen molar-refractivity contribution in [2.45, 2.75) is 0 Å². The fourth-order valence-corrected chi connectivity index (χ4v) is 3.77. The van der Waals surface area contributed by atoms with Crippen molar-refractivity contribution in [3.8, 4) is 0 Å². The lowest BCUT2D eigenvalue weighted by atomic mass is 10.1. The number of aromatic nitrogens is 1. The van der Waals surface area contributed by atoms with Crippen LogP contribution in [0.4, 0.5) is 16.2 Å². The minimum Gasteiger partial charge on any atom is -0.478 e. The quantitative estimate of drug-likeness (QED) is 0.349. The van der Waals surface area contributed by atoms with Crippen LogP contribution in [0.5, 0.6) is 0 Å². The van der Waals surface area contributed by atoms with Gasteiger partial charge in [0.05, 0.1) is 28.0 Å². The Hall–Kier alpha value is -4.18. The minimum atomic E-state index is -1.16. The number of likely N-dealkylation sites (N-methyl/N-ethyl adjacent to an activating group) is 1. The van der Waals surface area contributed by atoms with Gasteiger partial charge in [0.1, 0.15) is 0 Å². The Morgan fingerprint density at radius 3 is 2.27 bits per heavy atom. The standard InChI is InChI=1S/C23H23N5O5/c1-27-9-11-28(12-10-27)21(30)20(29)16-13-24-19-14(16)6-4-8-18(19)26-23(33)25-17-7-3-2-5-15(17)22(31)32/h2-8,13,24H,9-12H2,1H3,(H,31,32)(H2,25,26,33). The Bertz CT molecular complexity index is 1240. The van der Waals surface area contributed by atoms with Crippen LogP contribution in [0.15, 0.2) is 48.7 Å². The van der Waals surface area contributed by atoms with Crippen molar-refractivity contribution < 1.29 is 24.3 Å². The summed E-state index contributed by atoms with van der Waals surface area (Å²) < 4.78 is 0. The summed E-state index contributed by atoms with van der Waals surface area (Å²) in [6, 6.07) is 10.4. The first kappa shape index (κ1) is 22.0. The lowest BCUT2D eigenvalue weighted by Crippen LogP contribution is -2.49. The van der Waals surface area contributed by atoms with E-state index in [1.165, 1.54) is 18.3 Å². The summed E-state index contributed by atoms with van der Waals surface area (Å²) in [7, 11) is 1.97. The second-order valence-corrected chi connectivity index (χ2v) is 7.78. The Balaban J connectivity index is 1.53. The Labute approximate surface area is 189 Å². The molecule has 0 unspecified atom stereocenters. The molecule has 0 radical (unpaired) electrons. The zero-order valence-electron chi connectivity index (χ0n) is 17.9. The lowest BCUT2D eigenvalue weighted by molar-refractivity contribution is -0.127. The molecule has 1 fully saturated rings. The summed E-state index contributed by atoms with van der Waals surface area (Å²) in [5, 5.41) is 15.0. The van der Waals surface area contributed by atoms with E-state index in [2.05, 4.69) is 20.5 Å². The summed E-state index contributed by atoms with van der Waals surface area (Å²) >= 11 is 0. The molecular formula is C23H23N5O5. The van der Waals surface area contributed by atoms with Crippen LogP contribution in [-0.4, -0.2) is 76.8 Å². The first-order valence-corrected chi connectivity index (χ1v) is 10.4. The molecule has 0 saturated carbocycles. The molecule has 33 heavy (non-hydrogen) atoms. The number of amides is 3. The van der Waals surface area contributed by atoms with Crippen LogP contribution < -0.4 is 10.6 Å². The van der Waals surface area contributed by atoms with Crippen molar-refractivity contribution in [1.29, 1.82) is 0 Å². The topological polar surface area (TPSA) is 135 Å². The number of carboxylic acid groups (broad SMARTS) is 1. The summed E-state index contributed by atoms with van der Waals surface area (Å²) in [5.41, 5.74) is 1.20. The predicted octanol–water partition coefficient (Wildman–Crippen LogP) is 2.47. The van der Waals surface area contributed by atoms with Gasteiger partial charge in [-0.1, -0.05) is 24.3 Å². The highest BCUT2D eigenvalue weighted by atomic mass is 16.4. The maximum absolute atomic E-state index is 12.9. The number of H-pyrrole nitrogens is 1. The second kappa shape index (κ2) is 9.13. The fraction of sp³-hybridized carbons (Fsp3) is 0.217. The van der Waals surface area contributed by atoms with E-state index in [4.69, 9.17) is 0 Å². The number of anilines is 2. The van der Waals surface area contributed by atoms with Crippen molar-refractivity contribution in [3.05, 3.63) is 59.8 Å². The van der Waals surface area contributed by atoms with E-state index in [0.29, 0.717) is 42.8 Å². The molecule has 0 bridgehead atoms. The number of carbonyl (C=O) groups excluding carboxylic acids is 3. The van der Waals surface area contributed by atoms with Crippen molar-refractivity contribution in [2.24, 2.45) is 0 Å². The second-order valence-electron chi connectivity index (χ2n) is 7.78. The average Bonchev–Trinajstić information content (AvgIpc) is 3.24. The summed E-state index contributed by atoms with van der Waals surface area (Å²) in [6.07, 6.45) is 1.46. The number of nitrogens with one attached hydrogen (secondary N) is 3. The van der Waals surface area contributed by atoms with Gasteiger partial charge in [-0.05, 0) is 25.2 Å². The van der Waals surface area contributed by atoms with E-state index >= 15 is 0 Å². The number of carboxylic acids is 1. The number of piperazine rings is 1. The van der Waals surface area contributed by atoms with Crippen LogP contribution in [-0.2, 0) is 4.79 Å². The van der Waals surface area contributed by atoms with Gasteiger partial charge in [-0.25, -0.2) is 9.59 Å². The molecule has 2 aromatic carbocycles. The van der Waals surface area contributed by atoms with Gasteiger partial charge in [-0.3, -0.25) is 9.59 Å². The molecule has 10 nitrogen and oxygen atoms in total. The van der Waals surface area contributed by atoms with Crippen LogP contribution in [0.1, 0.15) is 20.7 Å². The van der Waals surface area contributed by atoms with E-state index in [1.54, 1.807) is 35.2 Å². The number of aromatic carboxylic acids is 1. The number of carbonyl (C=O) groups is 4. The zero-order chi connectivity index (χ0) is 23.5. The van der Waals surface area contributed by atoms with Gasteiger partial charge < -0.3 is 30.5 Å². The lowest BCUT2D eigenvalue weighted by Gasteiger charge is -2.31. The summed E-state index contributed by atoms with van der Waals surface area (Å²) in [6.45, 7) is 2.41. The molecule has 3 amide bonds. The van der Waals surface area contributed by atoms with E-state index < -0.39 is 23.7 Å². The number of urea groups is 1. The third kappa shape index (κ3) is 4.55. The Kier molecular flexibility index (Phi) is 6.09. The van der Waals surface area contributed by atoms with E-state index in [9.17, 15) is 24.3 Å². The van der Waals surface area contributed by atoms with E-state index in [0.717, 1.165) is 0 Å². The van der Waals surface area contributed by atoms with Gasteiger partial charge in [0.25, 0.3) is 11.7 Å². The monoisotopic (exact) mass is 449 g/mol. The van der Waals surface area contributed by atoms with Crippen LogP contribution >= 0.6 is 0 Å². The molecule has 170 valence electrons. The van der Waals surface area contributed by atoms with E-state index in [1.807, 2.05) is 7.05 Å². The van der Waals surface area contributed by atoms with Crippen LogP contribution in [0.25, 0.3) is 10.9 Å². The molecule has 4 N–H and O–H groups in total. The molecule has 1 saturated heterocycles. The Morgan fingerprint density at radius 2 is 1.55 bits per heavy atom. The molecule has 1 aliphatic heterocycles. The van der Waals surface area contributed by atoms with Gasteiger partial charge >= 0.3 is 12.0 Å². The molecule has 2 heterocycles. The Morgan fingerprint density at radius 1 is 0.879 bits per heavy atom. The van der Waals surface area contributed by atoms with Gasteiger partial charge in [0.15, 0.2) is 0 Å². The molecule has 0 atom stereocenters.